The monoisotopic (exact) mass is 438 g/mol. The normalized spacial score (nSPS) is 14.3. The summed E-state index contributed by atoms with van der Waals surface area (Å²) in [6.07, 6.45) is 6.64. The number of benzene rings is 1. The van der Waals surface area contributed by atoms with Crippen molar-refractivity contribution in [2.45, 2.75) is 58.4 Å². The van der Waals surface area contributed by atoms with Crippen LogP contribution in [0.2, 0.25) is 0 Å². The van der Waals surface area contributed by atoms with Gasteiger partial charge in [0, 0.05) is 29.1 Å². The van der Waals surface area contributed by atoms with Gasteiger partial charge in [0.15, 0.2) is 0 Å². The Balaban J connectivity index is 0.00000272. The highest BCUT2D eigenvalue weighted by molar-refractivity contribution is 5.99. The predicted octanol–water partition coefficient (Wildman–Crippen LogP) is 5.66. The molecule has 2 N–H and O–H groups in total. The van der Waals surface area contributed by atoms with Crippen LogP contribution in [0.1, 0.15) is 62.1 Å². The third-order valence-electron chi connectivity index (χ3n) is 6.18. The summed E-state index contributed by atoms with van der Waals surface area (Å²) >= 11 is 0. The molecule has 0 spiro atoms. The number of anilines is 1. The molecule has 2 aromatic heterocycles. The Morgan fingerprint density at radius 3 is 2.48 bits per heavy atom. The van der Waals surface area contributed by atoms with E-state index in [0.717, 1.165) is 47.0 Å². The number of fused-ring (bicyclic) bond motifs is 1. The predicted molar refractivity (Wildman–Crippen MR) is 130 cm³/mol. The zero-order valence-corrected chi connectivity index (χ0v) is 19.1. The first-order valence-corrected chi connectivity index (χ1v) is 11.1. The molecule has 3 aromatic rings. The Labute approximate surface area is 190 Å². The Hall–Kier alpha value is -2.66. The molecule has 2 heterocycles. The van der Waals surface area contributed by atoms with Crippen LogP contribution in [-0.4, -0.2) is 33.4 Å². The molecule has 0 bridgehead atoms. The number of aryl methyl sites for hydroxylation is 1. The maximum Gasteiger partial charge on any atom is 0.272 e. The highest BCUT2D eigenvalue weighted by atomic mass is 35.5. The van der Waals surface area contributed by atoms with Gasteiger partial charge in [-0.25, -0.2) is 9.97 Å². The molecule has 164 valence electrons. The molecule has 0 radical (unpaired) electrons. The van der Waals surface area contributed by atoms with Crippen molar-refractivity contribution in [1.82, 2.24) is 14.9 Å². The minimum absolute atomic E-state index is 0. The molecule has 1 fully saturated rings. The van der Waals surface area contributed by atoms with Gasteiger partial charge in [-0.1, -0.05) is 50.5 Å². The van der Waals surface area contributed by atoms with E-state index in [2.05, 4.69) is 24.9 Å². The van der Waals surface area contributed by atoms with Gasteiger partial charge in [0.1, 0.15) is 11.5 Å². The molecule has 5 nitrogen and oxygen atoms in total. The smallest absolute Gasteiger partial charge is 0.272 e. The first-order chi connectivity index (χ1) is 14.6. The van der Waals surface area contributed by atoms with Crippen molar-refractivity contribution in [2.24, 2.45) is 0 Å². The average molecular weight is 439 g/mol. The lowest BCUT2D eigenvalue weighted by molar-refractivity contribution is 0.0642. The van der Waals surface area contributed by atoms with Crippen LogP contribution in [0.5, 0.6) is 0 Å². The van der Waals surface area contributed by atoms with E-state index < -0.39 is 0 Å². The molecule has 1 aliphatic carbocycles. The van der Waals surface area contributed by atoms with Crippen LogP contribution in [0.15, 0.2) is 42.5 Å². The number of hydrogen-bond donors (Lipinski definition) is 1. The number of nitrogen functional groups attached to an aromatic ring is 1. The molecular formula is C25H31ClN4O. The lowest BCUT2D eigenvalue weighted by Crippen LogP contribution is -2.41. The molecular weight excluding hydrogens is 408 g/mol. The molecule has 0 saturated heterocycles. The van der Waals surface area contributed by atoms with Gasteiger partial charge in [-0.15, -0.1) is 12.4 Å². The summed E-state index contributed by atoms with van der Waals surface area (Å²) in [5.41, 5.74) is 10.2. The van der Waals surface area contributed by atoms with Crippen LogP contribution in [0.25, 0.3) is 22.0 Å². The van der Waals surface area contributed by atoms with E-state index >= 15 is 0 Å². The summed E-state index contributed by atoms with van der Waals surface area (Å²) in [6.45, 7) is 4.85. The fourth-order valence-corrected chi connectivity index (χ4v) is 4.62. The second kappa shape index (κ2) is 10.1. The molecule has 4 rings (SSSR count). The van der Waals surface area contributed by atoms with Gasteiger partial charge < -0.3 is 10.6 Å². The lowest BCUT2D eigenvalue weighted by Gasteiger charge is -2.33. The van der Waals surface area contributed by atoms with Crippen molar-refractivity contribution in [2.75, 3.05) is 12.3 Å². The summed E-state index contributed by atoms with van der Waals surface area (Å²) < 4.78 is 0. The number of aromatic nitrogens is 2. The molecule has 0 atom stereocenters. The second-order valence-electron chi connectivity index (χ2n) is 8.04. The number of nitrogens with two attached hydrogens (primary N) is 1. The lowest BCUT2D eigenvalue weighted by atomic mass is 9.94. The van der Waals surface area contributed by atoms with Gasteiger partial charge in [-0.05, 0) is 44.4 Å². The van der Waals surface area contributed by atoms with Crippen molar-refractivity contribution in [3.8, 4) is 11.1 Å². The van der Waals surface area contributed by atoms with Crippen molar-refractivity contribution >= 4 is 35.0 Å². The van der Waals surface area contributed by atoms with Gasteiger partial charge in [0.05, 0.1) is 11.2 Å². The molecule has 6 heteroatoms. The van der Waals surface area contributed by atoms with E-state index in [9.17, 15) is 4.79 Å². The van der Waals surface area contributed by atoms with E-state index in [0.29, 0.717) is 24.1 Å². The summed E-state index contributed by atoms with van der Waals surface area (Å²) in [6, 6.07) is 14.1. The van der Waals surface area contributed by atoms with E-state index in [1.807, 2.05) is 41.3 Å². The van der Waals surface area contributed by atoms with E-state index in [4.69, 9.17) is 10.7 Å². The standard InChI is InChI=1S/C25H30N4O.ClH/c1-3-21-19(14-16-23(26)27-21)20-12-8-9-17-13-15-22(28-24(17)20)25(30)29(4-2)18-10-6-5-7-11-18;/h8-9,12-16,18H,3-7,10-11H2,1-2H3,(H2,26,27);1H. The van der Waals surface area contributed by atoms with Gasteiger partial charge >= 0.3 is 0 Å². The number of para-hydroxylation sites is 1. The van der Waals surface area contributed by atoms with E-state index in [1.165, 1.54) is 19.3 Å². The number of amides is 1. The maximum absolute atomic E-state index is 13.4. The fraction of sp³-hybridized carbons (Fsp3) is 0.400. The number of nitrogens with zero attached hydrogens (tertiary/aromatic N) is 3. The number of carbonyl (C=O) groups is 1. The molecule has 1 amide bonds. The quantitative estimate of drug-likeness (QED) is 0.558. The summed E-state index contributed by atoms with van der Waals surface area (Å²) in [7, 11) is 0. The second-order valence-corrected chi connectivity index (χ2v) is 8.04. The summed E-state index contributed by atoms with van der Waals surface area (Å²) in [5, 5.41) is 1.02. The van der Waals surface area contributed by atoms with Crippen molar-refractivity contribution in [3.05, 3.63) is 53.9 Å². The van der Waals surface area contributed by atoms with Gasteiger partial charge in [0.2, 0.25) is 0 Å². The minimum Gasteiger partial charge on any atom is -0.384 e. The SMILES string of the molecule is CCc1nc(N)ccc1-c1cccc2ccc(C(=O)N(CC)C3CCCCC3)nc12.Cl. The number of halogens is 1. The molecule has 1 saturated carbocycles. The number of pyridine rings is 2. The van der Waals surface area contributed by atoms with Crippen molar-refractivity contribution in [1.29, 1.82) is 0 Å². The van der Waals surface area contributed by atoms with Gasteiger partial charge in [-0.2, -0.15) is 0 Å². The van der Waals surface area contributed by atoms with Crippen LogP contribution in [0, 0.1) is 0 Å². The van der Waals surface area contributed by atoms with Crippen LogP contribution < -0.4 is 5.73 Å². The largest absolute Gasteiger partial charge is 0.384 e. The van der Waals surface area contributed by atoms with Gasteiger partial charge in [0.25, 0.3) is 5.91 Å². The Morgan fingerprint density at radius 1 is 1.00 bits per heavy atom. The zero-order chi connectivity index (χ0) is 21.1. The summed E-state index contributed by atoms with van der Waals surface area (Å²) in [4.78, 5) is 24.8. The Kier molecular flexibility index (Phi) is 7.50. The van der Waals surface area contributed by atoms with Gasteiger partial charge in [-0.3, -0.25) is 4.79 Å². The molecule has 0 unspecified atom stereocenters. The molecule has 1 aliphatic rings. The summed E-state index contributed by atoms with van der Waals surface area (Å²) in [5.74, 6) is 0.554. The van der Waals surface area contributed by atoms with Crippen LogP contribution in [0.3, 0.4) is 0 Å². The van der Waals surface area contributed by atoms with Crippen molar-refractivity contribution < 1.29 is 4.79 Å². The molecule has 1 aromatic carbocycles. The van der Waals surface area contributed by atoms with Crippen LogP contribution >= 0.6 is 12.4 Å². The Morgan fingerprint density at radius 2 is 1.77 bits per heavy atom. The minimum atomic E-state index is 0. The first-order valence-electron chi connectivity index (χ1n) is 11.1. The van der Waals surface area contributed by atoms with E-state index in [-0.39, 0.29) is 18.3 Å². The highest BCUT2D eigenvalue weighted by Crippen LogP contribution is 2.31. The molecule has 31 heavy (non-hydrogen) atoms. The number of hydrogen-bond acceptors (Lipinski definition) is 4. The third kappa shape index (κ3) is 4.67. The third-order valence-corrected chi connectivity index (χ3v) is 6.18. The number of rotatable bonds is 5. The topological polar surface area (TPSA) is 72.1 Å². The van der Waals surface area contributed by atoms with Crippen molar-refractivity contribution in [3.63, 3.8) is 0 Å². The Bertz CT molecular complexity index is 1060. The average Bonchev–Trinajstić information content (AvgIpc) is 2.79. The highest BCUT2D eigenvalue weighted by Gasteiger charge is 2.26. The van der Waals surface area contributed by atoms with E-state index in [1.54, 1.807) is 0 Å². The number of carbonyl (C=O) groups excluding carboxylic acids is 1. The van der Waals surface area contributed by atoms with Crippen LogP contribution in [-0.2, 0) is 6.42 Å². The van der Waals surface area contributed by atoms with Crippen LogP contribution in [0.4, 0.5) is 5.82 Å². The molecule has 0 aliphatic heterocycles. The zero-order valence-electron chi connectivity index (χ0n) is 18.3. The fourth-order valence-electron chi connectivity index (χ4n) is 4.62. The first kappa shape index (κ1) is 23.0. The maximum atomic E-state index is 13.4.